The summed E-state index contributed by atoms with van der Waals surface area (Å²) in [6.45, 7) is 31.7. The quantitative estimate of drug-likeness (QED) is 0.104. The van der Waals surface area contributed by atoms with Gasteiger partial charge in [0.25, 0.3) is 5.56 Å². The first-order valence-corrected chi connectivity index (χ1v) is 24.2. The number of aromatic amines is 1. The minimum absolute atomic E-state index is 0.159. The maximum absolute atomic E-state index is 13.8. The first-order chi connectivity index (χ1) is 23.1. The maximum Gasteiger partial charge on any atom is 0.330 e. The number of nitrogens with zero attached hydrogens (tertiary/aromatic N) is 1. The average Bonchev–Trinajstić information content (AvgIpc) is 3.24. The number of rotatable bonds is 16. The topological polar surface area (TPSA) is 176 Å². The van der Waals surface area contributed by atoms with Crippen molar-refractivity contribution in [3.8, 4) is 0 Å². The van der Waals surface area contributed by atoms with Crippen molar-refractivity contribution in [3.63, 3.8) is 0 Å². The van der Waals surface area contributed by atoms with Crippen LogP contribution in [-0.2, 0) is 27.9 Å². The maximum atomic E-state index is 13.8. The highest BCUT2D eigenvalue weighted by molar-refractivity contribution is 6.74. The summed E-state index contributed by atoms with van der Waals surface area (Å²) >= 11 is 0. The van der Waals surface area contributed by atoms with Crippen LogP contribution in [0.4, 0.5) is 0 Å². The van der Waals surface area contributed by atoms with E-state index in [9.17, 15) is 19.2 Å². The Labute approximate surface area is 307 Å². The van der Waals surface area contributed by atoms with Gasteiger partial charge in [-0.1, -0.05) is 55.4 Å². The van der Waals surface area contributed by atoms with Crippen LogP contribution in [0.25, 0.3) is 0 Å². The molecule has 5 N–H and O–H groups in total. The fourth-order valence-electron chi connectivity index (χ4n) is 5.24. The van der Waals surface area contributed by atoms with Crippen LogP contribution < -0.4 is 27.6 Å². The normalized spacial score (nSPS) is 21.8. The molecule has 1 aromatic rings. The lowest BCUT2D eigenvalue weighted by Crippen LogP contribution is -2.55. The first-order valence-electron chi connectivity index (χ1n) is 18.4. The summed E-state index contributed by atoms with van der Waals surface area (Å²) in [5, 5.41) is 5.89. The van der Waals surface area contributed by atoms with E-state index in [0.29, 0.717) is 31.8 Å². The Balaban J connectivity index is 2.54. The van der Waals surface area contributed by atoms with Gasteiger partial charge in [-0.05, 0) is 82.3 Å². The van der Waals surface area contributed by atoms with Crippen molar-refractivity contribution >= 4 is 28.5 Å². The van der Waals surface area contributed by atoms with E-state index in [1.807, 2.05) is 34.6 Å². The highest BCUT2D eigenvalue weighted by atomic mass is 28.4. The Morgan fingerprint density at radius 1 is 0.941 bits per heavy atom. The lowest BCUT2D eigenvalue weighted by atomic mass is 10.0. The van der Waals surface area contributed by atoms with Gasteiger partial charge in [0.05, 0.1) is 12.1 Å². The number of hydrogen-bond donors (Lipinski definition) is 4. The molecule has 1 aliphatic heterocycles. The predicted octanol–water partition coefficient (Wildman–Crippen LogP) is 4.78. The second-order valence-electron chi connectivity index (χ2n) is 18.4. The Kier molecular flexibility index (Phi) is 15.3. The highest BCUT2D eigenvalue weighted by Gasteiger charge is 2.55. The third-order valence-electron chi connectivity index (χ3n) is 10.1. The number of esters is 1. The molecule has 1 aromatic heterocycles. The van der Waals surface area contributed by atoms with Gasteiger partial charge in [-0.2, -0.15) is 0 Å². The molecule has 0 bridgehead atoms. The predicted molar refractivity (Wildman–Crippen MR) is 207 cm³/mol. The van der Waals surface area contributed by atoms with E-state index in [1.165, 1.54) is 16.8 Å². The zero-order valence-electron chi connectivity index (χ0n) is 34.0. The molecule has 51 heavy (non-hydrogen) atoms. The molecule has 1 aliphatic rings. The van der Waals surface area contributed by atoms with E-state index in [2.05, 4.69) is 83.3 Å². The Morgan fingerprint density at radius 3 is 1.98 bits per heavy atom. The number of carbonyl (C=O) groups is 2. The van der Waals surface area contributed by atoms with E-state index >= 15 is 0 Å². The van der Waals surface area contributed by atoms with Crippen molar-refractivity contribution in [2.24, 2.45) is 11.7 Å². The third-order valence-corrected chi connectivity index (χ3v) is 19.1. The summed E-state index contributed by atoms with van der Waals surface area (Å²) < 4.78 is 28.2. The van der Waals surface area contributed by atoms with Crippen molar-refractivity contribution in [1.29, 1.82) is 0 Å². The van der Waals surface area contributed by atoms with Crippen molar-refractivity contribution in [2.75, 3.05) is 13.1 Å². The van der Waals surface area contributed by atoms with Crippen LogP contribution in [0.5, 0.6) is 0 Å². The van der Waals surface area contributed by atoms with Crippen LogP contribution in [0, 0.1) is 5.92 Å². The fraction of sp³-hybridized carbons (Fsp3) is 0.833. The van der Waals surface area contributed by atoms with Gasteiger partial charge in [-0.15, -0.1) is 0 Å². The summed E-state index contributed by atoms with van der Waals surface area (Å²) in [7, 11) is -4.99. The third kappa shape index (κ3) is 13.0. The molecular weight excluding hydrogens is 687 g/mol. The van der Waals surface area contributed by atoms with E-state index in [4.69, 9.17) is 24.1 Å². The molecule has 0 radical (unpaired) electrons. The number of nitrogens with one attached hydrogen (secondary N) is 3. The standard InChI is InChI=1S/C36H69N5O8Si2/c1-23(2)21-24(37)30(43)39-19-16-18-38-25(32(44)47-34(3,4)5)22-26-28(48-50(12,13)35(6,7)8)29(49-51(14,15)36(9,10)11)31(46-26)41-20-17-27(42)40-33(41)45/h17,20,23-26,28-29,31,38H,16,18-19,21-22,37H2,1-15H3,(H,39,43)(H,40,42,45)/t24-,25-,26+,28+,29+,31+/m0/s1. The van der Waals surface area contributed by atoms with Crippen LogP contribution >= 0.6 is 0 Å². The number of nitrogens with two attached hydrogens (primary N) is 1. The van der Waals surface area contributed by atoms with Gasteiger partial charge in [0.2, 0.25) is 5.91 Å². The van der Waals surface area contributed by atoms with E-state index in [-0.39, 0.29) is 22.4 Å². The summed E-state index contributed by atoms with van der Waals surface area (Å²) in [4.78, 5) is 53.9. The van der Waals surface area contributed by atoms with Crippen LogP contribution in [0.1, 0.15) is 102 Å². The van der Waals surface area contributed by atoms with Crippen LogP contribution in [-0.4, -0.2) is 87.1 Å². The highest BCUT2D eigenvalue weighted by Crippen LogP contribution is 2.46. The molecule has 0 saturated carbocycles. The molecule has 1 fully saturated rings. The number of ether oxygens (including phenoxy) is 2. The Hall–Kier alpha value is -2.15. The van der Waals surface area contributed by atoms with Gasteiger partial charge >= 0.3 is 11.7 Å². The largest absolute Gasteiger partial charge is 0.459 e. The summed E-state index contributed by atoms with van der Waals surface area (Å²) in [6.07, 6.45) is -0.298. The molecule has 2 heterocycles. The van der Waals surface area contributed by atoms with Crippen molar-refractivity contribution < 1.29 is 27.9 Å². The van der Waals surface area contributed by atoms with Gasteiger partial charge in [0, 0.05) is 25.2 Å². The summed E-state index contributed by atoms with van der Waals surface area (Å²) in [5.41, 5.74) is 4.15. The molecule has 1 saturated heterocycles. The second kappa shape index (κ2) is 17.3. The molecule has 6 atom stereocenters. The minimum atomic E-state index is -2.50. The van der Waals surface area contributed by atoms with Gasteiger partial charge in [-0.3, -0.25) is 23.9 Å². The minimum Gasteiger partial charge on any atom is -0.459 e. The molecule has 1 amide bonds. The molecular formula is C36H69N5O8Si2. The zero-order chi connectivity index (χ0) is 39.3. The van der Waals surface area contributed by atoms with E-state index in [0.717, 1.165) is 0 Å². The molecule has 0 aromatic carbocycles. The second-order valence-corrected chi connectivity index (χ2v) is 27.9. The number of hydrogen-bond acceptors (Lipinski definition) is 10. The molecule has 0 spiro atoms. The zero-order valence-corrected chi connectivity index (χ0v) is 36.0. The lowest BCUT2D eigenvalue weighted by Gasteiger charge is -2.44. The fourth-order valence-corrected chi connectivity index (χ4v) is 7.85. The van der Waals surface area contributed by atoms with E-state index in [1.54, 1.807) is 0 Å². The van der Waals surface area contributed by atoms with E-state index < -0.39 is 76.1 Å². The smallest absolute Gasteiger partial charge is 0.330 e. The summed E-state index contributed by atoms with van der Waals surface area (Å²) in [5.74, 6) is -0.348. The number of amides is 1. The monoisotopic (exact) mass is 755 g/mol. The molecule has 13 nitrogen and oxygen atoms in total. The van der Waals surface area contributed by atoms with Crippen LogP contribution in [0.2, 0.25) is 36.3 Å². The van der Waals surface area contributed by atoms with Crippen molar-refractivity contribution in [3.05, 3.63) is 33.1 Å². The van der Waals surface area contributed by atoms with Crippen molar-refractivity contribution in [1.82, 2.24) is 20.2 Å². The Morgan fingerprint density at radius 2 is 1.49 bits per heavy atom. The summed E-state index contributed by atoms with van der Waals surface area (Å²) in [6, 6.07) is -0.0996. The van der Waals surface area contributed by atoms with Gasteiger partial charge in [0.15, 0.2) is 22.9 Å². The van der Waals surface area contributed by atoms with Crippen molar-refractivity contribution in [2.45, 2.75) is 174 Å². The van der Waals surface area contributed by atoms with Crippen LogP contribution in [0.15, 0.2) is 21.9 Å². The Bertz CT molecular complexity index is 1420. The van der Waals surface area contributed by atoms with Gasteiger partial charge in [-0.25, -0.2) is 4.79 Å². The van der Waals surface area contributed by atoms with Crippen LogP contribution in [0.3, 0.4) is 0 Å². The molecule has 0 aliphatic carbocycles. The van der Waals surface area contributed by atoms with Gasteiger partial charge in [0.1, 0.15) is 23.9 Å². The van der Waals surface area contributed by atoms with Gasteiger partial charge < -0.3 is 34.7 Å². The molecule has 2 rings (SSSR count). The number of carbonyl (C=O) groups excluding carboxylic acids is 2. The number of H-pyrrole nitrogens is 1. The molecule has 0 unspecified atom stereocenters. The molecule has 294 valence electrons. The average molecular weight is 756 g/mol. The molecule has 15 heteroatoms. The lowest BCUT2D eigenvalue weighted by molar-refractivity contribution is -0.159. The number of aromatic nitrogens is 2. The first kappa shape index (κ1) is 45.0. The SMILES string of the molecule is CC(C)C[C@H](N)C(=O)NCCCN[C@@H](C[C@H]1O[C@@H](n2ccc(=O)[nH]c2=O)[C@H](O[Si](C)(C)C(C)(C)C)[C@@H]1O[Si](C)(C)C(C)(C)C)C(=O)OC(C)(C)C.